The third-order valence-electron chi connectivity index (χ3n) is 2.98. The number of nitrogens with zero attached hydrogens (tertiary/aromatic N) is 2. The van der Waals surface area contributed by atoms with Gasteiger partial charge >= 0.3 is 0 Å². The minimum Gasteiger partial charge on any atom is -0.497 e. The Kier molecular flexibility index (Phi) is 5.28. The van der Waals surface area contributed by atoms with Gasteiger partial charge in [0, 0.05) is 42.6 Å². The number of hydrogen-bond acceptors (Lipinski definition) is 4. The van der Waals surface area contributed by atoms with Crippen LogP contribution in [0.25, 0.3) is 0 Å². The number of hydrogen-bond donors (Lipinski definition) is 1. The summed E-state index contributed by atoms with van der Waals surface area (Å²) in [6, 6.07) is 6.30. The first kappa shape index (κ1) is 14.6. The van der Waals surface area contributed by atoms with Crippen LogP contribution in [-0.4, -0.2) is 45.2 Å². The number of rotatable bonds is 6. The van der Waals surface area contributed by atoms with Crippen molar-refractivity contribution in [3.63, 3.8) is 0 Å². The molecule has 4 nitrogen and oxygen atoms in total. The zero-order valence-corrected chi connectivity index (χ0v) is 12.1. The molecule has 0 bridgehead atoms. The van der Waals surface area contributed by atoms with Gasteiger partial charge in [-0.05, 0) is 34.0 Å². The molecule has 1 aromatic carbocycles. The first-order valence-corrected chi connectivity index (χ1v) is 6.33. The van der Waals surface area contributed by atoms with Crippen LogP contribution in [0.4, 0.5) is 11.4 Å². The van der Waals surface area contributed by atoms with Gasteiger partial charge < -0.3 is 20.3 Å². The molecule has 0 saturated carbocycles. The summed E-state index contributed by atoms with van der Waals surface area (Å²) >= 11 is 0. The molecule has 1 aromatic rings. The molecular formula is C14H25N3O. The topological polar surface area (TPSA) is 41.7 Å². The van der Waals surface area contributed by atoms with Crippen molar-refractivity contribution in [2.45, 2.75) is 19.9 Å². The number of likely N-dealkylation sites (N-methyl/N-ethyl adjacent to an activating group) is 2. The molecule has 0 aromatic heterocycles. The van der Waals surface area contributed by atoms with Crippen molar-refractivity contribution in [3.8, 4) is 5.75 Å². The minimum atomic E-state index is 0.427. The highest BCUT2D eigenvalue weighted by atomic mass is 16.5. The maximum absolute atomic E-state index is 5.91. The van der Waals surface area contributed by atoms with Crippen molar-refractivity contribution in [1.29, 1.82) is 0 Å². The molecule has 0 amide bonds. The van der Waals surface area contributed by atoms with Crippen LogP contribution in [0.5, 0.6) is 5.75 Å². The summed E-state index contributed by atoms with van der Waals surface area (Å²) < 4.78 is 5.27. The third-order valence-corrected chi connectivity index (χ3v) is 2.98. The normalized spacial score (nSPS) is 12.6. The SMILES string of the molecule is CCN(c1cc(N)cc(OC)c1)C(C)CN(C)C. The Morgan fingerprint density at radius 3 is 2.44 bits per heavy atom. The van der Waals surface area contributed by atoms with E-state index in [1.807, 2.05) is 18.2 Å². The van der Waals surface area contributed by atoms with E-state index in [0.29, 0.717) is 6.04 Å². The zero-order valence-electron chi connectivity index (χ0n) is 12.1. The van der Waals surface area contributed by atoms with Crippen LogP contribution in [0.2, 0.25) is 0 Å². The van der Waals surface area contributed by atoms with Crippen LogP contribution in [-0.2, 0) is 0 Å². The summed E-state index contributed by atoms with van der Waals surface area (Å²) in [5, 5.41) is 0. The van der Waals surface area contributed by atoms with Crippen LogP contribution >= 0.6 is 0 Å². The van der Waals surface area contributed by atoms with Gasteiger partial charge in [0.2, 0.25) is 0 Å². The Morgan fingerprint density at radius 1 is 1.28 bits per heavy atom. The molecule has 0 heterocycles. The van der Waals surface area contributed by atoms with Crippen molar-refractivity contribution in [2.24, 2.45) is 0 Å². The van der Waals surface area contributed by atoms with E-state index in [9.17, 15) is 0 Å². The van der Waals surface area contributed by atoms with E-state index in [-0.39, 0.29) is 0 Å². The first-order valence-electron chi connectivity index (χ1n) is 6.33. The largest absolute Gasteiger partial charge is 0.497 e. The van der Waals surface area contributed by atoms with E-state index in [1.54, 1.807) is 7.11 Å². The van der Waals surface area contributed by atoms with Gasteiger partial charge in [-0.15, -0.1) is 0 Å². The van der Waals surface area contributed by atoms with Crippen molar-refractivity contribution in [3.05, 3.63) is 18.2 Å². The van der Waals surface area contributed by atoms with Crippen LogP contribution < -0.4 is 15.4 Å². The van der Waals surface area contributed by atoms with Gasteiger partial charge in [0.1, 0.15) is 5.75 Å². The van der Waals surface area contributed by atoms with E-state index >= 15 is 0 Å². The average Bonchev–Trinajstić information content (AvgIpc) is 2.28. The minimum absolute atomic E-state index is 0.427. The maximum atomic E-state index is 5.91. The van der Waals surface area contributed by atoms with E-state index in [0.717, 1.165) is 30.2 Å². The number of nitrogens with two attached hydrogens (primary N) is 1. The third kappa shape index (κ3) is 3.81. The van der Waals surface area contributed by atoms with E-state index < -0.39 is 0 Å². The molecule has 0 saturated heterocycles. The highest BCUT2D eigenvalue weighted by Crippen LogP contribution is 2.26. The Balaban J connectivity index is 2.97. The lowest BCUT2D eigenvalue weighted by Crippen LogP contribution is -2.40. The van der Waals surface area contributed by atoms with Crippen LogP contribution in [0, 0.1) is 0 Å². The van der Waals surface area contributed by atoms with Crippen LogP contribution in [0.1, 0.15) is 13.8 Å². The fourth-order valence-electron chi connectivity index (χ4n) is 2.27. The first-order chi connectivity index (χ1) is 8.47. The summed E-state index contributed by atoms with van der Waals surface area (Å²) in [5.74, 6) is 0.806. The number of methoxy groups -OCH3 is 1. The van der Waals surface area contributed by atoms with Gasteiger partial charge in [0.15, 0.2) is 0 Å². The van der Waals surface area contributed by atoms with Gasteiger partial charge in [-0.3, -0.25) is 0 Å². The van der Waals surface area contributed by atoms with Crippen molar-refractivity contribution in [1.82, 2.24) is 4.90 Å². The monoisotopic (exact) mass is 251 g/mol. The van der Waals surface area contributed by atoms with Gasteiger partial charge in [-0.25, -0.2) is 0 Å². The standard InChI is InChI=1S/C14H25N3O/c1-6-17(11(2)10-16(3)4)13-7-12(15)8-14(9-13)18-5/h7-9,11H,6,10,15H2,1-5H3. The fourth-order valence-corrected chi connectivity index (χ4v) is 2.27. The van der Waals surface area contributed by atoms with Gasteiger partial charge in [-0.1, -0.05) is 0 Å². The smallest absolute Gasteiger partial charge is 0.122 e. The number of anilines is 2. The molecule has 102 valence electrons. The highest BCUT2D eigenvalue weighted by Gasteiger charge is 2.14. The van der Waals surface area contributed by atoms with Gasteiger partial charge in [0.25, 0.3) is 0 Å². The lowest BCUT2D eigenvalue weighted by molar-refractivity contribution is 0.372. The van der Waals surface area contributed by atoms with Gasteiger partial charge in [0.05, 0.1) is 7.11 Å². The predicted molar refractivity (Wildman–Crippen MR) is 78.4 cm³/mol. The number of benzene rings is 1. The number of ether oxygens (including phenoxy) is 1. The Morgan fingerprint density at radius 2 is 1.94 bits per heavy atom. The second kappa shape index (κ2) is 6.50. The average molecular weight is 251 g/mol. The summed E-state index contributed by atoms with van der Waals surface area (Å²) in [6.07, 6.45) is 0. The second-order valence-corrected chi connectivity index (χ2v) is 4.86. The molecule has 1 atom stereocenters. The molecular weight excluding hydrogens is 226 g/mol. The summed E-state index contributed by atoms with van der Waals surface area (Å²) in [6.45, 7) is 6.33. The molecule has 1 rings (SSSR count). The fraction of sp³-hybridized carbons (Fsp3) is 0.571. The predicted octanol–water partition coefficient (Wildman–Crippen LogP) is 2.05. The Bertz CT molecular complexity index is 379. The molecule has 0 fully saturated rings. The quantitative estimate of drug-likeness (QED) is 0.786. The molecule has 0 aliphatic rings. The molecule has 0 aliphatic heterocycles. The number of nitrogen functional groups attached to an aromatic ring is 1. The van der Waals surface area contributed by atoms with E-state index in [4.69, 9.17) is 10.5 Å². The Labute approximate surface area is 110 Å². The van der Waals surface area contributed by atoms with Crippen LogP contribution in [0.15, 0.2) is 18.2 Å². The molecule has 18 heavy (non-hydrogen) atoms. The van der Waals surface area contributed by atoms with Crippen molar-refractivity contribution < 1.29 is 4.74 Å². The van der Waals surface area contributed by atoms with E-state index in [2.05, 4.69) is 37.7 Å². The van der Waals surface area contributed by atoms with Gasteiger partial charge in [-0.2, -0.15) is 0 Å². The van der Waals surface area contributed by atoms with Crippen molar-refractivity contribution in [2.75, 3.05) is 44.9 Å². The molecule has 0 spiro atoms. The zero-order chi connectivity index (χ0) is 13.7. The molecule has 2 N–H and O–H groups in total. The maximum Gasteiger partial charge on any atom is 0.122 e. The van der Waals surface area contributed by atoms with Crippen molar-refractivity contribution >= 4 is 11.4 Å². The molecule has 4 heteroatoms. The lowest BCUT2D eigenvalue weighted by Gasteiger charge is -2.32. The summed E-state index contributed by atoms with van der Waals surface area (Å²) in [7, 11) is 5.84. The molecule has 0 radical (unpaired) electrons. The summed E-state index contributed by atoms with van der Waals surface area (Å²) in [4.78, 5) is 4.52. The van der Waals surface area contributed by atoms with Crippen LogP contribution in [0.3, 0.4) is 0 Å². The second-order valence-electron chi connectivity index (χ2n) is 4.86. The lowest BCUT2D eigenvalue weighted by atomic mass is 10.2. The molecule has 0 aliphatic carbocycles. The highest BCUT2D eigenvalue weighted by molar-refractivity contribution is 5.61. The summed E-state index contributed by atoms with van der Waals surface area (Å²) in [5.41, 5.74) is 7.76. The Hall–Kier alpha value is -1.42. The molecule has 1 unspecified atom stereocenters. The van der Waals surface area contributed by atoms with E-state index in [1.165, 1.54) is 0 Å².